The molecule has 10 aromatic rings. The zero-order chi connectivity index (χ0) is 33.5. The number of nitrogens with zero attached hydrogens (tertiary/aromatic N) is 3. The first-order valence-electron chi connectivity index (χ1n) is 17.2. The Morgan fingerprint density at radius 3 is 1.71 bits per heavy atom. The maximum absolute atomic E-state index is 6.27. The monoisotopic (exact) mass is 649 g/mol. The molecule has 0 saturated heterocycles. The fraction of sp³-hybridized carbons (Fsp3) is 0. The summed E-state index contributed by atoms with van der Waals surface area (Å²) in [6, 6.07) is 57.3. The third kappa shape index (κ3) is 4.23. The molecule has 0 fully saturated rings. The summed E-state index contributed by atoms with van der Waals surface area (Å²) in [5.74, 6) is 1.93. The average Bonchev–Trinajstić information content (AvgIpc) is 3.74. The number of fused-ring (bicyclic) bond motifs is 7. The van der Waals surface area contributed by atoms with Crippen LogP contribution in [-0.2, 0) is 0 Å². The van der Waals surface area contributed by atoms with E-state index in [4.69, 9.17) is 19.4 Å². The average molecular weight is 650 g/mol. The predicted molar refractivity (Wildman–Crippen MR) is 208 cm³/mol. The molecule has 2 aromatic heterocycles. The lowest BCUT2D eigenvalue weighted by molar-refractivity contribution is 0.669. The van der Waals surface area contributed by atoms with E-state index < -0.39 is 0 Å². The Morgan fingerprint density at radius 1 is 0.314 bits per heavy atom. The lowest BCUT2D eigenvalue weighted by atomic mass is 9.93. The zero-order valence-electron chi connectivity index (χ0n) is 27.3. The number of benzene rings is 8. The molecule has 0 aliphatic heterocycles. The first-order chi connectivity index (χ1) is 25.3. The van der Waals surface area contributed by atoms with E-state index in [9.17, 15) is 0 Å². The van der Waals surface area contributed by atoms with Crippen LogP contribution in [-0.4, -0.2) is 15.0 Å². The molecule has 51 heavy (non-hydrogen) atoms. The van der Waals surface area contributed by atoms with Crippen LogP contribution in [0.5, 0.6) is 0 Å². The molecule has 0 spiro atoms. The topological polar surface area (TPSA) is 51.8 Å². The molecule has 0 amide bonds. The van der Waals surface area contributed by atoms with Gasteiger partial charge in [0, 0.05) is 27.5 Å². The van der Waals surface area contributed by atoms with Crippen LogP contribution in [0.4, 0.5) is 0 Å². The van der Waals surface area contributed by atoms with E-state index in [1.165, 1.54) is 33.0 Å². The molecule has 0 unspecified atom stereocenters. The highest BCUT2D eigenvalue weighted by molar-refractivity contribution is 6.17. The van der Waals surface area contributed by atoms with E-state index >= 15 is 0 Å². The maximum atomic E-state index is 6.27. The molecule has 1 aliphatic rings. The molecule has 8 aromatic carbocycles. The second-order valence-electron chi connectivity index (χ2n) is 13.1. The number of aromatic nitrogens is 3. The molecular formula is C47H27N3O. The maximum Gasteiger partial charge on any atom is 0.164 e. The van der Waals surface area contributed by atoms with Crippen LogP contribution >= 0.6 is 0 Å². The summed E-state index contributed by atoms with van der Waals surface area (Å²) < 4.78 is 6.27. The van der Waals surface area contributed by atoms with Gasteiger partial charge >= 0.3 is 0 Å². The Balaban J connectivity index is 1.12. The Labute approximate surface area is 293 Å². The highest BCUT2D eigenvalue weighted by atomic mass is 16.3. The van der Waals surface area contributed by atoms with Crippen molar-refractivity contribution in [3.63, 3.8) is 0 Å². The number of hydrogen-bond acceptors (Lipinski definition) is 4. The number of hydrogen-bond donors (Lipinski definition) is 0. The van der Waals surface area contributed by atoms with E-state index in [0.717, 1.165) is 60.5 Å². The van der Waals surface area contributed by atoms with Crippen molar-refractivity contribution in [2.45, 2.75) is 0 Å². The third-order valence-electron chi connectivity index (χ3n) is 10.3. The largest absolute Gasteiger partial charge is 0.456 e. The van der Waals surface area contributed by atoms with Gasteiger partial charge < -0.3 is 4.42 Å². The normalized spacial score (nSPS) is 11.9. The van der Waals surface area contributed by atoms with E-state index in [1.54, 1.807) is 0 Å². The summed E-state index contributed by atoms with van der Waals surface area (Å²) in [6.07, 6.45) is 0. The Morgan fingerprint density at radius 2 is 0.882 bits per heavy atom. The molecule has 0 radical (unpaired) electrons. The number of furan rings is 1. The van der Waals surface area contributed by atoms with Gasteiger partial charge in [-0.15, -0.1) is 0 Å². The minimum Gasteiger partial charge on any atom is -0.456 e. The molecule has 4 nitrogen and oxygen atoms in total. The van der Waals surface area contributed by atoms with Crippen molar-refractivity contribution >= 4 is 43.5 Å². The number of para-hydroxylation sites is 1. The molecular weight excluding hydrogens is 623 g/mol. The summed E-state index contributed by atoms with van der Waals surface area (Å²) in [5.41, 5.74) is 11.9. The van der Waals surface area contributed by atoms with Crippen LogP contribution in [0.25, 0.3) is 111 Å². The first-order valence-corrected chi connectivity index (χ1v) is 17.2. The van der Waals surface area contributed by atoms with E-state index in [1.807, 2.05) is 36.4 Å². The Bertz CT molecular complexity index is 3030. The van der Waals surface area contributed by atoms with E-state index in [-0.39, 0.29) is 0 Å². The van der Waals surface area contributed by atoms with Gasteiger partial charge in [-0.1, -0.05) is 146 Å². The molecule has 11 rings (SSSR count). The van der Waals surface area contributed by atoms with Crippen LogP contribution < -0.4 is 0 Å². The first kappa shape index (κ1) is 28.0. The molecule has 0 atom stereocenters. The number of rotatable bonds is 4. The summed E-state index contributed by atoms with van der Waals surface area (Å²) in [7, 11) is 0. The summed E-state index contributed by atoms with van der Waals surface area (Å²) in [4.78, 5) is 15.4. The second-order valence-corrected chi connectivity index (χ2v) is 13.1. The van der Waals surface area contributed by atoms with E-state index in [2.05, 4.69) is 127 Å². The highest BCUT2D eigenvalue weighted by Gasteiger charge is 2.23. The van der Waals surface area contributed by atoms with Crippen molar-refractivity contribution in [3.8, 4) is 67.5 Å². The van der Waals surface area contributed by atoms with Crippen LogP contribution in [0.3, 0.4) is 0 Å². The molecule has 0 bridgehead atoms. The lowest BCUT2D eigenvalue weighted by Gasteiger charge is -2.13. The van der Waals surface area contributed by atoms with Crippen molar-refractivity contribution in [2.24, 2.45) is 0 Å². The SMILES string of the molecule is c1ccc(-c2nc(-c3ccc4c(c3)-c3cccc5cccc-4c35)nc(-c3cccc4c(-c5cccc6oc7ccccc7c56)cccc34)n2)cc1. The zero-order valence-corrected chi connectivity index (χ0v) is 27.3. The summed E-state index contributed by atoms with van der Waals surface area (Å²) in [5, 5.41) is 6.99. The molecule has 0 saturated carbocycles. The van der Waals surface area contributed by atoms with Gasteiger partial charge in [-0.3, -0.25) is 0 Å². The van der Waals surface area contributed by atoms with Gasteiger partial charge in [0.05, 0.1) is 0 Å². The molecule has 0 N–H and O–H groups in total. The van der Waals surface area contributed by atoms with E-state index in [0.29, 0.717) is 17.5 Å². The van der Waals surface area contributed by atoms with Crippen LogP contribution in [0.15, 0.2) is 168 Å². The predicted octanol–water partition coefficient (Wildman–Crippen LogP) is 12.4. The lowest BCUT2D eigenvalue weighted by Crippen LogP contribution is -2.01. The van der Waals surface area contributed by atoms with Crippen molar-refractivity contribution < 1.29 is 4.42 Å². The van der Waals surface area contributed by atoms with Crippen molar-refractivity contribution in [1.82, 2.24) is 15.0 Å². The van der Waals surface area contributed by atoms with Gasteiger partial charge in [-0.05, 0) is 73.1 Å². The van der Waals surface area contributed by atoms with Gasteiger partial charge in [0.2, 0.25) is 0 Å². The molecule has 4 heteroatoms. The van der Waals surface area contributed by atoms with Crippen molar-refractivity contribution in [1.29, 1.82) is 0 Å². The minimum absolute atomic E-state index is 0.638. The van der Waals surface area contributed by atoms with Crippen LogP contribution in [0.1, 0.15) is 0 Å². The van der Waals surface area contributed by atoms with Crippen LogP contribution in [0.2, 0.25) is 0 Å². The van der Waals surface area contributed by atoms with Crippen LogP contribution in [0, 0.1) is 0 Å². The molecule has 1 aliphatic carbocycles. The van der Waals surface area contributed by atoms with Gasteiger partial charge in [0.1, 0.15) is 11.2 Å². The molecule has 236 valence electrons. The highest BCUT2D eigenvalue weighted by Crippen LogP contribution is 2.48. The minimum atomic E-state index is 0.638. The summed E-state index contributed by atoms with van der Waals surface area (Å²) >= 11 is 0. The van der Waals surface area contributed by atoms with Crippen molar-refractivity contribution in [3.05, 3.63) is 164 Å². The quantitative estimate of drug-likeness (QED) is 0.190. The van der Waals surface area contributed by atoms with Gasteiger partial charge in [-0.2, -0.15) is 0 Å². The standard InChI is InChI=1S/C47H27N3O/c1-2-11-29(12-3-1)45-48-46(30-25-26-34-35-19-6-13-28-14-7-20-37(43(28)35)40(34)27-30)50-47(49-45)38-22-9-16-31-32(17-8-18-33(31)38)36-21-10-24-42-44(36)39-15-4-5-23-41(39)51-42/h1-27H. The van der Waals surface area contributed by atoms with Gasteiger partial charge in [0.25, 0.3) is 0 Å². The smallest absolute Gasteiger partial charge is 0.164 e. The summed E-state index contributed by atoms with van der Waals surface area (Å²) in [6.45, 7) is 0. The molecule has 2 heterocycles. The fourth-order valence-corrected chi connectivity index (χ4v) is 8.01. The third-order valence-corrected chi connectivity index (χ3v) is 10.3. The Kier molecular flexibility index (Phi) is 5.92. The van der Waals surface area contributed by atoms with Gasteiger partial charge in [-0.25, -0.2) is 15.0 Å². The second kappa shape index (κ2) is 10.8. The van der Waals surface area contributed by atoms with Crippen molar-refractivity contribution in [2.75, 3.05) is 0 Å². The Hall–Kier alpha value is -6.91. The van der Waals surface area contributed by atoms with Gasteiger partial charge in [0.15, 0.2) is 17.5 Å². The fourth-order valence-electron chi connectivity index (χ4n) is 8.01.